The van der Waals surface area contributed by atoms with Crippen LogP contribution in [-0.2, 0) is 4.74 Å². The maximum absolute atomic E-state index is 10.4. The van der Waals surface area contributed by atoms with E-state index >= 15 is 0 Å². The van der Waals surface area contributed by atoms with Gasteiger partial charge in [0.2, 0.25) is 0 Å². The fourth-order valence-corrected chi connectivity index (χ4v) is 3.34. The molecule has 1 heterocycles. The fraction of sp³-hybridized carbons (Fsp3) is 0.500. The highest BCUT2D eigenvalue weighted by Crippen LogP contribution is 2.29. The van der Waals surface area contributed by atoms with Crippen molar-refractivity contribution in [3.63, 3.8) is 0 Å². The van der Waals surface area contributed by atoms with E-state index < -0.39 is 6.10 Å². The van der Waals surface area contributed by atoms with E-state index in [0.717, 1.165) is 43.6 Å². The first-order valence-electron chi connectivity index (χ1n) is 8.51. The third-order valence-electron chi connectivity index (χ3n) is 3.50. The Morgan fingerprint density at radius 3 is 2.80 bits per heavy atom. The lowest BCUT2D eigenvalue weighted by atomic mass is 10.2. The van der Waals surface area contributed by atoms with Crippen LogP contribution in [0.1, 0.15) is 31.2 Å². The molecule has 0 saturated heterocycles. The number of hydrogen-bond acceptors (Lipinski definition) is 4. The first kappa shape index (κ1) is 22.1. The highest BCUT2D eigenvalue weighted by molar-refractivity contribution is 14.0. The summed E-state index contributed by atoms with van der Waals surface area (Å²) in [5, 5.41) is 18.0. The lowest BCUT2D eigenvalue weighted by Crippen LogP contribution is -2.38. The van der Waals surface area contributed by atoms with Gasteiger partial charge in [0.25, 0.3) is 0 Å². The predicted molar refractivity (Wildman–Crippen MR) is 117 cm³/mol. The number of nitrogens with zero attached hydrogens (tertiary/aromatic N) is 1. The molecule has 0 saturated carbocycles. The van der Waals surface area contributed by atoms with E-state index in [1.54, 1.807) is 11.3 Å². The molecule has 0 aliphatic carbocycles. The van der Waals surface area contributed by atoms with E-state index in [9.17, 15) is 5.11 Å². The van der Waals surface area contributed by atoms with Crippen LogP contribution in [0.4, 0.5) is 0 Å². The normalized spacial score (nSPS) is 12.7. The highest BCUT2D eigenvalue weighted by Gasteiger charge is 2.11. The predicted octanol–water partition coefficient (Wildman–Crippen LogP) is 3.53. The number of fused-ring (bicyclic) bond motifs is 1. The number of benzene rings is 1. The van der Waals surface area contributed by atoms with Crippen LogP contribution in [0.25, 0.3) is 10.1 Å². The molecule has 25 heavy (non-hydrogen) atoms. The molecule has 1 unspecified atom stereocenters. The molecule has 0 bridgehead atoms. The van der Waals surface area contributed by atoms with Gasteiger partial charge in [0.1, 0.15) is 6.10 Å². The van der Waals surface area contributed by atoms with Crippen LogP contribution < -0.4 is 10.6 Å². The molecule has 0 fully saturated rings. The zero-order valence-electron chi connectivity index (χ0n) is 14.8. The average molecular weight is 477 g/mol. The van der Waals surface area contributed by atoms with E-state index in [1.165, 1.54) is 10.1 Å². The van der Waals surface area contributed by atoms with Gasteiger partial charge >= 0.3 is 0 Å². The third-order valence-corrected chi connectivity index (χ3v) is 4.72. The topological polar surface area (TPSA) is 65.9 Å². The van der Waals surface area contributed by atoms with E-state index in [2.05, 4.69) is 27.8 Å². The number of guanidine groups is 1. The van der Waals surface area contributed by atoms with Gasteiger partial charge in [-0.15, -0.1) is 35.3 Å². The monoisotopic (exact) mass is 477 g/mol. The SMILES string of the molecule is CCNC(=NCC(O)c1cc2ccccc2s1)NCCCOCC.I. The minimum atomic E-state index is -0.582. The molecule has 7 heteroatoms. The number of hydrogen-bond donors (Lipinski definition) is 3. The molecule has 0 aliphatic heterocycles. The largest absolute Gasteiger partial charge is 0.386 e. The molecule has 1 aromatic heterocycles. The first-order chi connectivity index (χ1) is 11.7. The summed E-state index contributed by atoms with van der Waals surface area (Å²) in [6, 6.07) is 10.2. The summed E-state index contributed by atoms with van der Waals surface area (Å²) in [7, 11) is 0. The Balaban J connectivity index is 0.00000312. The second-order valence-corrected chi connectivity index (χ2v) is 6.51. The summed E-state index contributed by atoms with van der Waals surface area (Å²) in [6.07, 6.45) is 0.346. The van der Waals surface area contributed by atoms with Gasteiger partial charge in [-0.2, -0.15) is 0 Å². The molecule has 140 valence electrons. The van der Waals surface area contributed by atoms with Crippen molar-refractivity contribution >= 4 is 51.4 Å². The molecule has 5 nitrogen and oxygen atoms in total. The number of aliphatic hydroxyl groups is 1. The number of nitrogens with one attached hydrogen (secondary N) is 2. The summed E-state index contributed by atoms with van der Waals surface area (Å²) in [4.78, 5) is 5.44. The van der Waals surface area contributed by atoms with Crippen molar-refractivity contribution in [2.45, 2.75) is 26.4 Å². The van der Waals surface area contributed by atoms with Gasteiger partial charge in [0, 0.05) is 35.9 Å². The smallest absolute Gasteiger partial charge is 0.191 e. The molecular formula is C18H28IN3O2S. The van der Waals surface area contributed by atoms with E-state index in [4.69, 9.17) is 4.74 Å². The fourth-order valence-electron chi connectivity index (χ4n) is 2.30. The minimum Gasteiger partial charge on any atom is -0.386 e. The number of thiophene rings is 1. The molecule has 1 aromatic carbocycles. The third kappa shape index (κ3) is 7.47. The number of halogens is 1. The molecule has 1 atom stereocenters. The maximum Gasteiger partial charge on any atom is 0.191 e. The number of ether oxygens (including phenoxy) is 1. The lowest BCUT2D eigenvalue weighted by Gasteiger charge is -2.12. The Morgan fingerprint density at radius 1 is 1.28 bits per heavy atom. The minimum absolute atomic E-state index is 0. The Hall–Kier alpha value is -0.900. The second kappa shape index (κ2) is 12.5. The summed E-state index contributed by atoms with van der Waals surface area (Å²) in [6.45, 7) is 7.44. The number of rotatable bonds is 9. The van der Waals surface area contributed by atoms with Crippen molar-refractivity contribution in [1.29, 1.82) is 0 Å². The van der Waals surface area contributed by atoms with Crippen LogP contribution in [0.5, 0.6) is 0 Å². The first-order valence-corrected chi connectivity index (χ1v) is 9.32. The Morgan fingerprint density at radius 2 is 2.08 bits per heavy atom. The molecule has 3 N–H and O–H groups in total. The van der Waals surface area contributed by atoms with Crippen LogP contribution >= 0.6 is 35.3 Å². The molecular weight excluding hydrogens is 449 g/mol. The molecule has 0 spiro atoms. The van der Waals surface area contributed by atoms with Gasteiger partial charge in [-0.05, 0) is 37.8 Å². The summed E-state index contributed by atoms with van der Waals surface area (Å²) in [5.41, 5.74) is 0. The van der Waals surface area contributed by atoms with Crippen molar-refractivity contribution in [2.24, 2.45) is 4.99 Å². The van der Waals surface area contributed by atoms with Crippen LogP contribution in [0.2, 0.25) is 0 Å². The average Bonchev–Trinajstić information content (AvgIpc) is 3.03. The molecule has 2 aromatic rings. The van der Waals surface area contributed by atoms with Crippen molar-refractivity contribution in [3.8, 4) is 0 Å². The Labute approximate surface area is 170 Å². The Bertz CT molecular complexity index is 615. The van der Waals surface area contributed by atoms with Crippen molar-refractivity contribution in [2.75, 3.05) is 32.8 Å². The van der Waals surface area contributed by atoms with Crippen LogP contribution in [0.15, 0.2) is 35.3 Å². The standard InChI is InChI=1S/C18H27N3O2S.HI/c1-3-19-18(20-10-7-11-23-4-2)21-13-15(22)17-12-14-8-5-6-9-16(14)24-17;/h5-6,8-9,12,15,22H,3-4,7,10-11,13H2,1-2H3,(H2,19,20,21);1H. The summed E-state index contributed by atoms with van der Waals surface area (Å²) < 4.78 is 6.51. The summed E-state index contributed by atoms with van der Waals surface area (Å²) in [5.74, 6) is 0.731. The van der Waals surface area contributed by atoms with Crippen LogP contribution in [-0.4, -0.2) is 43.9 Å². The van der Waals surface area contributed by atoms with Crippen LogP contribution in [0, 0.1) is 0 Å². The van der Waals surface area contributed by atoms with Gasteiger partial charge in [-0.25, -0.2) is 0 Å². The molecule has 0 amide bonds. The molecule has 0 aliphatic rings. The lowest BCUT2D eigenvalue weighted by molar-refractivity contribution is 0.145. The van der Waals surface area contributed by atoms with Crippen molar-refractivity contribution < 1.29 is 9.84 Å². The molecule has 0 radical (unpaired) electrons. The van der Waals surface area contributed by atoms with Crippen LogP contribution in [0.3, 0.4) is 0 Å². The highest BCUT2D eigenvalue weighted by atomic mass is 127. The summed E-state index contributed by atoms with van der Waals surface area (Å²) >= 11 is 1.62. The quantitative estimate of drug-likeness (QED) is 0.224. The Kier molecular flexibility index (Phi) is 11.0. The van der Waals surface area contributed by atoms with E-state index in [0.29, 0.717) is 6.54 Å². The van der Waals surface area contributed by atoms with Gasteiger partial charge in [0.15, 0.2) is 5.96 Å². The number of aliphatic imine (C=N–C) groups is 1. The van der Waals surface area contributed by atoms with Gasteiger partial charge in [-0.1, -0.05) is 18.2 Å². The van der Waals surface area contributed by atoms with Gasteiger partial charge in [0.05, 0.1) is 6.54 Å². The second-order valence-electron chi connectivity index (χ2n) is 5.40. The van der Waals surface area contributed by atoms with Gasteiger partial charge in [-0.3, -0.25) is 4.99 Å². The van der Waals surface area contributed by atoms with Crippen molar-refractivity contribution in [3.05, 3.63) is 35.2 Å². The van der Waals surface area contributed by atoms with E-state index in [-0.39, 0.29) is 24.0 Å². The van der Waals surface area contributed by atoms with E-state index in [1.807, 2.05) is 32.0 Å². The number of aliphatic hydroxyl groups excluding tert-OH is 1. The zero-order chi connectivity index (χ0) is 17.2. The molecule has 2 rings (SSSR count). The maximum atomic E-state index is 10.4. The zero-order valence-corrected chi connectivity index (χ0v) is 18.0. The van der Waals surface area contributed by atoms with Crippen molar-refractivity contribution in [1.82, 2.24) is 10.6 Å². The van der Waals surface area contributed by atoms with Gasteiger partial charge < -0.3 is 20.5 Å².